The third-order valence-electron chi connectivity index (χ3n) is 7.14. The lowest BCUT2D eigenvalue weighted by molar-refractivity contribution is -0.118. The molecule has 0 aromatic heterocycles. The van der Waals surface area contributed by atoms with Crippen molar-refractivity contribution in [1.82, 2.24) is 0 Å². The van der Waals surface area contributed by atoms with E-state index < -0.39 is 5.97 Å². The van der Waals surface area contributed by atoms with E-state index in [4.69, 9.17) is 0 Å². The van der Waals surface area contributed by atoms with Crippen LogP contribution in [0.15, 0.2) is 91.0 Å². The SMILES string of the molecule is CCC(CC)CC(C(=O)Nc1ccccc1Cc1ccccc1C(=O)O)c1cccc2ccccc12. The van der Waals surface area contributed by atoms with Gasteiger partial charge in [0.05, 0.1) is 11.5 Å². The summed E-state index contributed by atoms with van der Waals surface area (Å²) >= 11 is 0. The van der Waals surface area contributed by atoms with Crippen LogP contribution >= 0.6 is 0 Å². The number of carboxylic acids is 1. The lowest BCUT2D eigenvalue weighted by Gasteiger charge is -2.24. The second-order valence-corrected chi connectivity index (χ2v) is 9.32. The maximum Gasteiger partial charge on any atom is 0.335 e. The molecule has 1 unspecified atom stereocenters. The molecule has 4 aromatic carbocycles. The van der Waals surface area contributed by atoms with E-state index in [0.717, 1.165) is 46.8 Å². The summed E-state index contributed by atoms with van der Waals surface area (Å²) in [5, 5.41) is 15.0. The van der Waals surface area contributed by atoms with Gasteiger partial charge in [0.1, 0.15) is 0 Å². The highest BCUT2D eigenvalue weighted by atomic mass is 16.4. The molecule has 184 valence electrons. The highest BCUT2D eigenvalue weighted by Crippen LogP contribution is 2.34. The first-order valence-electron chi connectivity index (χ1n) is 12.7. The molecular weight excluding hydrogens is 446 g/mol. The van der Waals surface area contributed by atoms with E-state index in [1.165, 1.54) is 0 Å². The molecule has 1 amide bonds. The number of benzene rings is 4. The number of fused-ring (bicyclic) bond motifs is 1. The monoisotopic (exact) mass is 479 g/mol. The van der Waals surface area contributed by atoms with Gasteiger partial charge in [-0.1, -0.05) is 106 Å². The molecule has 0 spiro atoms. The van der Waals surface area contributed by atoms with Crippen LogP contribution in [0.2, 0.25) is 0 Å². The van der Waals surface area contributed by atoms with Crippen molar-refractivity contribution in [1.29, 1.82) is 0 Å². The van der Waals surface area contributed by atoms with Gasteiger partial charge < -0.3 is 10.4 Å². The zero-order chi connectivity index (χ0) is 25.5. The summed E-state index contributed by atoms with van der Waals surface area (Å²) in [6, 6.07) is 29.1. The van der Waals surface area contributed by atoms with E-state index in [-0.39, 0.29) is 17.4 Å². The molecule has 36 heavy (non-hydrogen) atoms. The third-order valence-corrected chi connectivity index (χ3v) is 7.14. The number of carboxylic acid groups (broad SMARTS) is 1. The minimum Gasteiger partial charge on any atom is -0.478 e. The topological polar surface area (TPSA) is 66.4 Å². The Kier molecular flexibility index (Phi) is 8.17. The maximum atomic E-state index is 13.9. The quantitative estimate of drug-likeness (QED) is 0.245. The molecule has 4 nitrogen and oxygen atoms in total. The van der Waals surface area contributed by atoms with E-state index in [2.05, 4.69) is 43.4 Å². The summed E-state index contributed by atoms with van der Waals surface area (Å²) in [6.45, 7) is 4.36. The van der Waals surface area contributed by atoms with Crippen LogP contribution in [0.25, 0.3) is 10.8 Å². The van der Waals surface area contributed by atoms with Gasteiger partial charge >= 0.3 is 5.97 Å². The fourth-order valence-electron chi connectivity index (χ4n) is 4.99. The van der Waals surface area contributed by atoms with Crippen LogP contribution in [0.3, 0.4) is 0 Å². The number of aromatic carboxylic acids is 1. The molecule has 0 aliphatic rings. The average Bonchev–Trinajstić information content (AvgIpc) is 2.90. The fourth-order valence-corrected chi connectivity index (χ4v) is 4.99. The number of carbonyl (C=O) groups excluding carboxylic acids is 1. The molecule has 0 saturated carbocycles. The first-order chi connectivity index (χ1) is 17.5. The number of nitrogens with one attached hydrogen (secondary N) is 1. The van der Waals surface area contributed by atoms with Crippen LogP contribution in [0.1, 0.15) is 66.1 Å². The van der Waals surface area contributed by atoms with E-state index in [1.807, 2.05) is 54.6 Å². The maximum absolute atomic E-state index is 13.9. The lowest BCUT2D eigenvalue weighted by Crippen LogP contribution is -2.24. The van der Waals surface area contributed by atoms with Crippen molar-refractivity contribution in [3.8, 4) is 0 Å². The molecule has 0 fully saturated rings. The van der Waals surface area contributed by atoms with Crippen molar-refractivity contribution >= 4 is 28.3 Å². The summed E-state index contributed by atoms with van der Waals surface area (Å²) in [4.78, 5) is 25.6. The number of amides is 1. The van der Waals surface area contributed by atoms with Crippen molar-refractivity contribution in [2.24, 2.45) is 5.92 Å². The van der Waals surface area contributed by atoms with Gasteiger partial charge in [-0.05, 0) is 51.9 Å². The highest BCUT2D eigenvalue weighted by Gasteiger charge is 2.26. The molecule has 0 aliphatic heterocycles. The average molecular weight is 480 g/mol. The zero-order valence-corrected chi connectivity index (χ0v) is 20.9. The van der Waals surface area contributed by atoms with Crippen LogP contribution in [0, 0.1) is 5.92 Å². The molecule has 4 rings (SSSR count). The van der Waals surface area contributed by atoms with Gasteiger partial charge in [0.2, 0.25) is 5.91 Å². The number of anilines is 1. The molecule has 0 radical (unpaired) electrons. The van der Waals surface area contributed by atoms with Gasteiger partial charge in [-0.3, -0.25) is 4.79 Å². The van der Waals surface area contributed by atoms with Crippen molar-refractivity contribution in [2.75, 3.05) is 5.32 Å². The van der Waals surface area contributed by atoms with Gasteiger partial charge in [-0.15, -0.1) is 0 Å². The molecule has 1 atom stereocenters. The standard InChI is InChI=1S/C32H33NO3/c1-3-22(4-2)20-29(28-18-11-15-23-12-5-8-16-26(23)28)31(34)33-30-19-10-7-14-25(30)21-24-13-6-9-17-27(24)32(35)36/h5-19,22,29H,3-4,20-21H2,1-2H3,(H,33,34)(H,35,36). The Hall–Kier alpha value is -3.92. The predicted octanol–water partition coefficient (Wildman–Crippen LogP) is 7.68. The molecule has 4 heteroatoms. The normalized spacial score (nSPS) is 12.0. The number of hydrogen-bond acceptors (Lipinski definition) is 2. The summed E-state index contributed by atoms with van der Waals surface area (Å²) in [7, 11) is 0. The second-order valence-electron chi connectivity index (χ2n) is 9.32. The van der Waals surface area contributed by atoms with E-state index >= 15 is 0 Å². The van der Waals surface area contributed by atoms with Crippen molar-refractivity contribution < 1.29 is 14.7 Å². The summed E-state index contributed by atoms with van der Waals surface area (Å²) in [5.41, 5.74) is 3.65. The lowest BCUT2D eigenvalue weighted by atomic mass is 9.83. The minimum atomic E-state index is -0.951. The smallest absolute Gasteiger partial charge is 0.335 e. The first-order valence-corrected chi connectivity index (χ1v) is 12.7. The van der Waals surface area contributed by atoms with Crippen molar-refractivity contribution in [3.05, 3.63) is 113 Å². The van der Waals surface area contributed by atoms with Crippen LogP contribution in [0.4, 0.5) is 5.69 Å². The Bertz CT molecular complexity index is 1350. The zero-order valence-electron chi connectivity index (χ0n) is 20.9. The Labute approximate surface area is 213 Å². The number of rotatable bonds is 10. The molecular formula is C32H33NO3. The molecule has 0 heterocycles. The molecule has 0 saturated heterocycles. The Balaban J connectivity index is 1.68. The Morgan fingerprint density at radius 2 is 1.42 bits per heavy atom. The van der Waals surface area contributed by atoms with E-state index in [9.17, 15) is 14.7 Å². The first kappa shape index (κ1) is 25.2. The van der Waals surface area contributed by atoms with Crippen LogP contribution in [-0.4, -0.2) is 17.0 Å². The molecule has 4 aromatic rings. The highest BCUT2D eigenvalue weighted by molar-refractivity contribution is 6.00. The Morgan fingerprint density at radius 3 is 2.17 bits per heavy atom. The number of carbonyl (C=O) groups is 2. The van der Waals surface area contributed by atoms with Crippen LogP contribution in [0.5, 0.6) is 0 Å². The van der Waals surface area contributed by atoms with Gasteiger partial charge in [0.15, 0.2) is 0 Å². The van der Waals surface area contributed by atoms with Crippen LogP contribution < -0.4 is 5.32 Å². The molecule has 0 aliphatic carbocycles. The third kappa shape index (κ3) is 5.65. The van der Waals surface area contributed by atoms with Gasteiger partial charge in [-0.25, -0.2) is 4.79 Å². The number of hydrogen-bond donors (Lipinski definition) is 2. The largest absolute Gasteiger partial charge is 0.478 e. The second kappa shape index (κ2) is 11.7. The fraction of sp³-hybridized carbons (Fsp3) is 0.250. The van der Waals surface area contributed by atoms with Gasteiger partial charge in [0.25, 0.3) is 0 Å². The minimum absolute atomic E-state index is 0.0303. The van der Waals surface area contributed by atoms with Gasteiger partial charge in [-0.2, -0.15) is 0 Å². The van der Waals surface area contributed by atoms with Crippen molar-refractivity contribution in [3.63, 3.8) is 0 Å². The summed E-state index contributed by atoms with van der Waals surface area (Å²) < 4.78 is 0. The number of para-hydroxylation sites is 1. The van der Waals surface area contributed by atoms with E-state index in [0.29, 0.717) is 17.9 Å². The summed E-state index contributed by atoms with van der Waals surface area (Å²) in [6.07, 6.45) is 3.24. The van der Waals surface area contributed by atoms with Crippen molar-refractivity contribution in [2.45, 2.75) is 45.4 Å². The molecule has 2 N–H and O–H groups in total. The van der Waals surface area contributed by atoms with Gasteiger partial charge in [0, 0.05) is 12.1 Å². The van der Waals surface area contributed by atoms with E-state index in [1.54, 1.807) is 12.1 Å². The molecule has 0 bridgehead atoms. The Morgan fingerprint density at radius 1 is 0.778 bits per heavy atom. The summed E-state index contributed by atoms with van der Waals surface area (Å²) in [5.74, 6) is -0.830. The van der Waals surface area contributed by atoms with Crippen LogP contribution in [-0.2, 0) is 11.2 Å². The predicted molar refractivity (Wildman–Crippen MR) is 147 cm³/mol.